The van der Waals surface area contributed by atoms with Crippen LogP contribution in [0.2, 0.25) is 0 Å². The Morgan fingerprint density at radius 2 is 2.12 bits per heavy atom. The van der Waals surface area contributed by atoms with E-state index in [1.807, 2.05) is 11.0 Å². The molecule has 1 saturated heterocycles. The fourth-order valence-corrected chi connectivity index (χ4v) is 6.57. The molecule has 1 aliphatic heterocycles. The van der Waals surface area contributed by atoms with Crippen LogP contribution in [0.15, 0.2) is 29.3 Å². The quantitative estimate of drug-likeness (QED) is 0.492. The predicted molar refractivity (Wildman–Crippen MR) is 130 cm³/mol. The molecule has 33 heavy (non-hydrogen) atoms. The molecule has 1 amide bonds. The van der Waals surface area contributed by atoms with Crippen LogP contribution in [0.25, 0.3) is 21.3 Å². The molecule has 6 rings (SSSR count). The van der Waals surface area contributed by atoms with Crippen molar-refractivity contribution in [2.45, 2.75) is 64.5 Å². The van der Waals surface area contributed by atoms with E-state index in [0.717, 1.165) is 65.7 Å². The molecule has 2 aliphatic rings. The van der Waals surface area contributed by atoms with Crippen LogP contribution >= 0.6 is 11.3 Å². The van der Waals surface area contributed by atoms with Crippen molar-refractivity contribution in [1.29, 1.82) is 0 Å². The first-order valence-corrected chi connectivity index (χ1v) is 12.7. The fourth-order valence-electron chi connectivity index (χ4n) is 5.35. The Labute approximate surface area is 195 Å². The van der Waals surface area contributed by atoms with E-state index in [2.05, 4.69) is 29.0 Å². The number of benzene rings is 1. The first-order valence-electron chi connectivity index (χ1n) is 11.8. The number of carbonyl (C=O) groups is 1. The van der Waals surface area contributed by atoms with Crippen LogP contribution in [0.3, 0.4) is 0 Å². The van der Waals surface area contributed by atoms with Gasteiger partial charge in [0.15, 0.2) is 0 Å². The number of H-pyrrole nitrogens is 1. The molecule has 0 saturated carbocycles. The van der Waals surface area contributed by atoms with Gasteiger partial charge in [0, 0.05) is 24.4 Å². The second-order valence-electron chi connectivity index (χ2n) is 9.27. The van der Waals surface area contributed by atoms with Gasteiger partial charge in [0.05, 0.1) is 28.8 Å². The largest absolute Gasteiger partial charge is 0.340 e. The summed E-state index contributed by atoms with van der Waals surface area (Å²) < 4.78 is 1.62. The summed E-state index contributed by atoms with van der Waals surface area (Å²) in [5.41, 5.74) is 4.31. The van der Waals surface area contributed by atoms with E-state index in [-0.39, 0.29) is 23.9 Å². The molecule has 8 heteroatoms. The zero-order valence-corrected chi connectivity index (χ0v) is 19.6. The Hall–Kier alpha value is -3.00. The predicted octanol–water partition coefficient (Wildman–Crippen LogP) is 4.28. The lowest BCUT2D eigenvalue weighted by molar-refractivity contribution is -0.132. The van der Waals surface area contributed by atoms with Gasteiger partial charge in [0.2, 0.25) is 5.91 Å². The number of rotatable bonds is 4. The number of thiophene rings is 1. The number of imidazole rings is 1. The topological polar surface area (TPSA) is 83.9 Å². The molecule has 3 aromatic heterocycles. The Balaban J connectivity index is 1.21. The number of amides is 1. The molecule has 7 nitrogen and oxygen atoms in total. The van der Waals surface area contributed by atoms with Crippen molar-refractivity contribution in [1.82, 2.24) is 24.4 Å². The maximum absolute atomic E-state index is 13.2. The van der Waals surface area contributed by atoms with Crippen molar-refractivity contribution >= 4 is 38.5 Å². The van der Waals surface area contributed by atoms with E-state index in [1.165, 1.54) is 22.4 Å². The summed E-state index contributed by atoms with van der Waals surface area (Å²) in [4.78, 5) is 43.2. The maximum atomic E-state index is 13.2. The van der Waals surface area contributed by atoms with Gasteiger partial charge in [-0.2, -0.15) is 0 Å². The monoisotopic (exact) mass is 461 g/mol. The maximum Gasteiger partial charge on any atom is 0.262 e. The number of fused-ring (bicyclic) bond motifs is 4. The normalized spacial score (nSPS) is 18.3. The first-order chi connectivity index (χ1) is 16.1. The second kappa shape index (κ2) is 8.09. The van der Waals surface area contributed by atoms with E-state index in [9.17, 15) is 9.59 Å². The third-order valence-electron chi connectivity index (χ3n) is 7.05. The summed E-state index contributed by atoms with van der Waals surface area (Å²) in [6.45, 7) is 3.14. The van der Waals surface area contributed by atoms with Crippen LogP contribution < -0.4 is 5.56 Å². The minimum Gasteiger partial charge on any atom is -0.340 e. The van der Waals surface area contributed by atoms with Crippen LogP contribution in [0.4, 0.5) is 0 Å². The number of hydrogen-bond acceptors (Lipinski definition) is 5. The van der Waals surface area contributed by atoms with Crippen molar-refractivity contribution in [2.24, 2.45) is 0 Å². The summed E-state index contributed by atoms with van der Waals surface area (Å²) in [7, 11) is 0. The Morgan fingerprint density at radius 1 is 1.24 bits per heavy atom. The summed E-state index contributed by atoms with van der Waals surface area (Å²) in [5.74, 6) is 0.917. The molecule has 1 aliphatic carbocycles. The van der Waals surface area contributed by atoms with Gasteiger partial charge < -0.3 is 9.88 Å². The number of aromatic amines is 1. The Morgan fingerprint density at radius 3 is 3.03 bits per heavy atom. The van der Waals surface area contributed by atoms with Crippen LogP contribution in [-0.4, -0.2) is 36.9 Å². The minimum atomic E-state index is -0.0357. The lowest BCUT2D eigenvalue weighted by atomic mass is 9.97. The Bertz CT molecular complexity index is 1430. The standard InChI is InChI=1S/C25H27N5O2S/c1-15-8-9-17-18(13-15)28-23(27-17)19-6-4-11-30(19)21(31)10-12-29-14-26-24-22(25(29)32)16-5-2-3-7-20(16)33-24/h8-9,13-14,19H,2-7,10-12H2,1H3,(H,27,28). The lowest BCUT2D eigenvalue weighted by Crippen LogP contribution is -2.32. The van der Waals surface area contributed by atoms with Crippen molar-refractivity contribution in [3.63, 3.8) is 0 Å². The van der Waals surface area contributed by atoms with Crippen LogP contribution in [0.1, 0.15) is 60.0 Å². The van der Waals surface area contributed by atoms with Crippen molar-refractivity contribution in [2.75, 3.05) is 6.54 Å². The van der Waals surface area contributed by atoms with Gasteiger partial charge in [-0.3, -0.25) is 14.2 Å². The fraction of sp³-hybridized carbons (Fsp3) is 0.440. The molecule has 0 spiro atoms. The van der Waals surface area contributed by atoms with Crippen molar-refractivity contribution in [3.8, 4) is 0 Å². The van der Waals surface area contributed by atoms with Gasteiger partial charge >= 0.3 is 0 Å². The molecule has 1 unspecified atom stereocenters. The average molecular weight is 462 g/mol. The van der Waals surface area contributed by atoms with Crippen molar-refractivity contribution < 1.29 is 4.79 Å². The third kappa shape index (κ3) is 3.57. The number of nitrogens with zero attached hydrogens (tertiary/aromatic N) is 4. The highest BCUT2D eigenvalue weighted by Gasteiger charge is 2.32. The SMILES string of the molecule is Cc1ccc2nc(C3CCCN3C(=O)CCn3cnc4sc5c(c4c3=O)CCCC5)[nH]c2c1. The summed E-state index contributed by atoms with van der Waals surface area (Å²) in [6.07, 6.45) is 8.08. The molecule has 0 bridgehead atoms. The average Bonchev–Trinajstić information content (AvgIpc) is 3.54. The highest BCUT2D eigenvalue weighted by Crippen LogP contribution is 2.34. The zero-order chi connectivity index (χ0) is 22.5. The second-order valence-corrected chi connectivity index (χ2v) is 10.4. The number of nitrogens with one attached hydrogen (secondary N) is 1. The summed E-state index contributed by atoms with van der Waals surface area (Å²) in [5, 5.41) is 0.779. The number of likely N-dealkylation sites (tertiary alicyclic amines) is 1. The van der Waals surface area contributed by atoms with Gasteiger partial charge in [-0.1, -0.05) is 6.07 Å². The highest BCUT2D eigenvalue weighted by molar-refractivity contribution is 7.18. The first kappa shape index (κ1) is 20.6. The number of hydrogen-bond donors (Lipinski definition) is 1. The van der Waals surface area contributed by atoms with E-state index in [0.29, 0.717) is 6.54 Å². The lowest BCUT2D eigenvalue weighted by Gasteiger charge is -2.23. The number of aromatic nitrogens is 4. The third-order valence-corrected chi connectivity index (χ3v) is 8.25. The van der Waals surface area contributed by atoms with E-state index in [1.54, 1.807) is 22.2 Å². The molecule has 1 N–H and O–H groups in total. The molecule has 4 aromatic rings. The zero-order valence-electron chi connectivity index (χ0n) is 18.8. The molecule has 1 atom stereocenters. The highest BCUT2D eigenvalue weighted by atomic mass is 32.1. The van der Waals surface area contributed by atoms with E-state index in [4.69, 9.17) is 4.98 Å². The van der Waals surface area contributed by atoms with Gasteiger partial charge in [0.25, 0.3) is 5.56 Å². The van der Waals surface area contributed by atoms with Crippen molar-refractivity contribution in [3.05, 3.63) is 56.7 Å². The van der Waals surface area contributed by atoms with Crippen LogP contribution in [0, 0.1) is 6.92 Å². The summed E-state index contributed by atoms with van der Waals surface area (Å²) in [6, 6.07) is 6.12. The van der Waals surface area contributed by atoms with E-state index < -0.39 is 0 Å². The van der Waals surface area contributed by atoms with Crippen LogP contribution in [0.5, 0.6) is 0 Å². The number of aryl methyl sites for hydroxylation is 4. The molecule has 170 valence electrons. The summed E-state index contributed by atoms with van der Waals surface area (Å²) >= 11 is 1.66. The van der Waals surface area contributed by atoms with Gasteiger partial charge in [-0.05, 0) is 68.7 Å². The van der Waals surface area contributed by atoms with Gasteiger partial charge in [-0.25, -0.2) is 9.97 Å². The Kier molecular flexibility index (Phi) is 5.05. The molecule has 0 radical (unpaired) electrons. The van der Waals surface area contributed by atoms with Gasteiger partial charge in [0.1, 0.15) is 10.7 Å². The van der Waals surface area contributed by atoms with Crippen LogP contribution in [-0.2, 0) is 24.2 Å². The minimum absolute atomic E-state index is 0.00201. The van der Waals surface area contributed by atoms with Gasteiger partial charge in [-0.15, -0.1) is 11.3 Å². The molecular formula is C25H27N5O2S. The smallest absolute Gasteiger partial charge is 0.262 e. The molecule has 1 fully saturated rings. The molecular weight excluding hydrogens is 434 g/mol. The molecule has 1 aromatic carbocycles. The molecule has 4 heterocycles. The van der Waals surface area contributed by atoms with E-state index >= 15 is 0 Å². The number of carbonyl (C=O) groups excluding carboxylic acids is 1.